The molecule has 1 heterocycles. The fourth-order valence-electron chi connectivity index (χ4n) is 1.61. The Labute approximate surface area is 134 Å². The summed E-state index contributed by atoms with van der Waals surface area (Å²) in [6.07, 6.45) is 5.26. The summed E-state index contributed by atoms with van der Waals surface area (Å²) in [5.74, 6) is 0.706. The summed E-state index contributed by atoms with van der Waals surface area (Å²) in [4.78, 5) is 11.1. The summed E-state index contributed by atoms with van der Waals surface area (Å²) >= 11 is 0. The van der Waals surface area contributed by atoms with Gasteiger partial charge in [0, 0.05) is 6.92 Å². The van der Waals surface area contributed by atoms with Crippen LogP contribution in [0.2, 0.25) is 0 Å². The SMILES string of the molecule is CC(=O)n1cc[n+](CCOc2ccc(C#N)cc2)c1.[I-]. The Kier molecular flexibility index (Phi) is 6.18. The minimum atomic E-state index is -0.0215. The molecule has 0 radical (unpaired) electrons. The molecule has 104 valence electrons. The van der Waals surface area contributed by atoms with E-state index in [1.165, 1.54) is 11.5 Å². The second-order valence-corrected chi connectivity index (χ2v) is 4.06. The zero-order valence-electron chi connectivity index (χ0n) is 11.0. The number of hydrogen-bond acceptors (Lipinski definition) is 3. The maximum absolute atomic E-state index is 11.1. The number of nitrogens with zero attached hydrogens (tertiary/aromatic N) is 3. The van der Waals surface area contributed by atoms with Crippen molar-refractivity contribution >= 4 is 5.91 Å². The summed E-state index contributed by atoms with van der Waals surface area (Å²) < 4.78 is 8.95. The standard InChI is InChI=1S/C14H14N3O2.HI/c1-12(18)17-7-6-16(11-17)8-9-19-14-4-2-13(10-15)3-5-14;/h2-7,11H,8-9H2,1H3;1H/q+1;/p-1. The molecule has 6 heteroatoms. The molecule has 1 aromatic heterocycles. The number of carbonyl (C=O) groups is 1. The van der Waals surface area contributed by atoms with Crippen molar-refractivity contribution in [2.75, 3.05) is 6.61 Å². The van der Waals surface area contributed by atoms with Crippen LogP contribution in [0.1, 0.15) is 17.3 Å². The second-order valence-electron chi connectivity index (χ2n) is 4.06. The highest BCUT2D eigenvalue weighted by Crippen LogP contribution is 2.11. The molecule has 5 nitrogen and oxygen atoms in total. The number of carbonyl (C=O) groups excluding carboxylic acids is 1. The van der Waals surface area contributed by atoms with Crippen LogP contribution < -0.4 is 33.3 Å². The predicted octanol–water partition coefficient (Wildman–Crippen LogP) is -1.61. The molecule has 2 aromatic rings. The highest BCUT2D eigenvalue weighted by atomic mass is 127. The van der Waals surface area contributed by atoms with E-state index in [1.54, 1.807) is 36.8 Å². The van der Waals surface area contributed by atoms with E-state index in [1.807, 2.05) is 10.8 Å². The molecule has 0 N–H and O–H groups in total. The number of rotatable bonds is 4. The molecule has 0 spiro atoms. The highest BCUT2D eigenvalue weighted by molar-refractivity contribution is 5.75. The minimum Gasteiger partial charge on any atom is -1.00 e. The van der Waals surface area contributed by atoms with Crippen LogP contribution >= 0.6 is 0 Å². The van der Waals surface area contributed by atoms with Gasteiger partial charge < -0.3 is 28.7 Å². The predicted molar refractivity (Wildman–Crippen MR) is 67.6 cm³/mol. The van der Waals surface area contributed by atoms with E-state index < -0.39 is 0 Å². The number of hydrogen-bond donors (Lipinski definition) is 0. The van der Waals surface area contributed by atoms with Crippen LogP contribution in [0.15, 0.2) is 43.0 Å². The number of ether oxygens (including phenoxy) is 1. The van der Waals surface area contributed by atoms with Gasteiger partial charge in [-0.1, -0.05) is 0 Å². The lowest BCUT2D eigenvalue weighted by molar-refractivity contribution is -0.696. The molecule has 0 bridgehead atoms. The van der Waals surface area contributed by atoms with Crippen molar-refractivity contribution in [3.63, 3.8) is 0 Å². The molecule has 20 heavy (non-hydrogen) atoms. The van der Waals surface area contributed by atoms with Gasteiger partial charge in [-0.15, -0.1) is 0 Å². The van der Waals surface area contributed by atoms with Gasteiger partial charge in [0.2, 0.25) is 0 Å². The molecule has 0 saturated carbocycles. The number of benzene rings is 1. The van der Waals surface area contributed by atoms with Crippen molar-refractivity contribution in [2.24, 2.45) is 0 Å². The molecule has 0 amide bonds. The molecular weight excluding hydrogens is 369 g/mol. The molecule has 0 aliphatic carbocycles. The van der Waals surface area contributed by atoms with E-state index in [2.05, 4.69) is 6.07 Å². The van der Waals surface area contributed by atoms with Crippen molar-refractivity contribution in [2.45, 2.75) is 13.5 Å². The Morgan fingerprint density at radius 1 is 1.40 bits per heavy atom. The van der Waals surface area contributed by atoms with Gasteiger partial charge in [-0.2, -0.15) is 9.83 Å². The zero-order valence-corrected chi connectivity index (χ0v) is 13.1. The molecule has 1 aromatic carbocycles. The topological polar surface area (TPSA) is 58.9 Å². The Morgan fingerprint density at radius 3 is 2.65 bits per heavy atom. The summed E-state index contributed by atoms with van der Waals surface area (Å²) in [6.45, 7) is 2.66. The Morgan fingerprint density at radius 2 is 2.10 bits per heavy atom. The minimum absolute atomic E-state index is 0. The summed E-state index contributed by atoms with van der Waals surface area (Å²) in [6, 6.07) is 9.02. The maximum atomic E-state index is 11.1. The third kappa shape index (κ3) is 4.35. The quantitative estimate of drug-likeness (QED) is 0.472. The number of aromatic nitrogens is 2. The van der Waals surface area contributed by atoms with Gasteiger partial charge in [0.25, 0.3) is 6.33 Å². The van der Waals surface area contributed by atoms with Crippen LogP contribution in [0, 0.1) is 11.3 Å². The lowest BCUT2D eigenvalue weighted by Gasteiger charge is -2.03. The molecule has 0 aliphatic heterocycles. The third-order valence-electron chi connectivity index (χ3n) is 2.66. The van der Waals surface area contributed by atoms with Crippen molar-refractivity contribution in [3.05, 3.63) is 48.5 Å². The monoisotopic (exact) mass is 383 g/mol. The van der Waals surface area contributed by atoms with Gasteiger partial charge in [-0.25, -0.2) is 9.36 Å². The van der Waals surface area contributed by atoms with E-state index in [0.29, 0.717) is 18.7 Å². The smallest absolute Gasteiger partial charge is 0.310 e. The van der Waals surface area contributed by atoms with Gasteiger partial charge in [-0.3, -0.25) is 0 Å². The molecule has 0 saturated heterocycles. The van der Waals surface area contributed by atoms with E-state index in [9.17, 15) is 4.79 Å². The first-order valence-corrected chi connectivity index (χ1v) is 5.90. The molecule has 0 aliphatic rings. The average molecular weight is 383 g/mol. The maximum Gasteiger partial charge on any atom is 0.310 e. The highest BCUT2D eigenvalue weighted by Gasteiger charge is 2.07. The molecular formula is C14H14IN3O2. The molecule has 0 fully saturated rings. The summed E-state index contributed by atoms with van der Waals surface area (Å²) in [5, 5.41) is 8.68. The summed E-state index contributed by atoms with van der Waals surface area (Å²) in [7, 11) is 0. The fourth-order valence-corrected chi connectivity index (χ4v) is 1.61. The first kappa shape index (κ1) is 16.2. The van der Waals surface area contributed by atoms with Gasteiger partial charge in [0.15, 0.2) is 0 Å². The lowest BCUT2D eigenvalue weighted by atomic mass is 10.2. The third-order valence-corrected chi connectivity index (χ3v) is 2.66. The fraction of sp³-hybridized carbons (Fsp3) is 0.214. The first-order valence-electron chi connectivity index (χ1n) is 5.90. The van der Waals surface area contributed by atoms with Crippen molar-refractivity contribution in [3.8, 4) is 11.8 Å². The van der Waals surface area contributed by atoms with Crippen LogP contribution in [0.5, 0.6) is 5.75 Å². The largest absolute Gasteiger partial charge is 1.00 e. The lowest BCUT2D eigenvalue weighted by Crippen LogP contribution is -3.00. The van der Waals surface area contributed by atoms with Crippen LogP contribution in [0.3, 0.4) is 0 Å². The van der Waals surface area contributed by atoms with Crippen LogP contribution in [-0.4, -0.2) is 17.1 Å². The van der Waals surface area contributed by atoms with Gasteiger partial charge >= 0.3 is 5.91 Å². The van der Waals surface area contributed by atoms with Crippen molar-refractivity contribution in [1.29, 1.82) is 5.26 Å². The Balaban J connectivity index is 0.00000200. The van der Waals surface area contributed by atoms with E-state index in [0.717, 1.165) is 5.75 Å². The number of nitriles is 1. The van der Waals surface area contributed by atoms with Crippen LogP contribution in [0.25, 0.3) is 0 Å². The van der Waals surface area contributed by atoms with Gasteiger partial charge in [0.1, 0.15) is 31.3 Å². The van der Waals surface area contributed by atoms with Crippen molar-refractivity contribution < 1.29 is 38.1 Å². The molecule has 0 atom stereocenters. The van der Waals surface area contributed by atoms with Gasteiger partial charge in [-0.05, 0) is 24.3 Å². The Hall–Kier alpha value is -1.88. The van der Waals surface area contributed by atoms with Gasteiger partial charge in [0.05, 0.1) is 11.6 Å². The number of imidazole rings is 1. The second kappa shape index (κ2) is 7.65. The zero-order chi connectivity index (χ0) is 13.7. The Bertz CT molecular complexity index is 614. The average Bonchev–Trinajstić information content (AvgIpc) is 2.89. The van der Waals surface area contributed by atoms with E-state index in [-0.39, 0.29) is 29.9 Å². The first-order chi connectivity index (χ1) is 9.19. The normalized spacial score (nSPS) is 9.40. The van der Waals surface area contributed by atoms with E-state index in [4.69, 9.17) is 10.00 Å². The molecule has 2 rings (SSSR count). The summed E-state index contributed by atoms with van der Waals surface area (Å²) in [5.41, 5.74) is 0.611. The molecule has 0 unspecified atom stereocenters. The van der Waals surface area contributed by atoms with Crippen LogP contribution in [-0.2, 0) is 6.54 Å². The van der Waals surface area contributed by atoms with Crippen LogP contribution in [0.4, 0.5) is 0 Å². The number of halogens is 1. The van der Waals surface area contributed by atoms with Crippen molar-refractivity contribution in [1.82, 2.24) is 4.57 Å². The van der Waals surface area contributed by atoms with E-state index >= 15 is 0 Å².